The highest BCUT2D eigenvalue weighted by molar-refractivity contribution is 7.80. The molecule has 0 aromatic rings. The van der Waals surface area contributed by atoms with E-state index in [0.29, 0.717) is 19.8 Å². The van der Waals surface area contributed by atoms with Gasteiger partial charge in [0.05, 0.1) is 0 Å². The minimum atomic E-state index is -2.37. The summed E-state index contributed by atoms with van der Waals surface area (Å²) in [5.41, 5.74) is 0. The maximum atomic E-state index is 5.73. The smallest absolute Gasteiger partial charge is 0.374 e. The molecular formula is C10H24O3SSi. The first-order chi connectivity index (χ1) is 7.24. The maximum absolute atomic E-state index is 5.73. The van der Waals surface area contributed by atoms with Gasteiger partial charge in [-0.2, -0.15) is 12.6 Å². The highest BCUT2D eigenvalue weighted by atomic mass is 32.1. The predicted octanol–water partition coefficient (Wildman–Crippen LogP) is 2.74. The lowest BCUT2D eigenvalue weighted by molar-refractivity contribution is 0.0708. The van der Waals surface area contributed by atoms with Gasteiger partial charge >= 0.3 is 8.80 Å². The third-order valence-electron chi connectivity index (χ3n) is 1.98. The van der Waals surface area contributed by atoms with E-state index in [-0.39, 0.29) is 0 Å². The van der Waals surface area contributed by atoms with Crippen molar-refractivity contribution in [1.82, 2.24) is 0 Å². The van der Waals surface area contributed by atoms with Crippen molar-refractivity contribution in [2.24, 2.45) is 0 Å². The largest absolute Gasteiger partial charge is 0.500 e. The monoisotopic (exact) mass is 252 g/mol. The summed E-state index contributed by atoms with van der Waals surface area (Å²) in [6, 6.07) is 0.906. The van der Waals surface area contributed by atoms with Gasteiger partial charge in [0.25, 0.3) is 0 Å². The Morgan fingerprint density at radius 3 is 1.67 bits per heavy atom. The van der Waals surface area contributed by atoms with Crippen molar-refractivity contribution in [3.05, 3.63) is 0 Å². The van der Waals surface area contributed by atoms with E-state index < -0.39 is 8.80 Å². The van der Waals surface area contributed by atoms with Gasteiger partial charge in [-0.3, -0.25) is 0 Å². The molecule has 0 unspecified atom stereocenters. The second kappa shape index (κ2) is 9.66. The van der Waals surface area contributed by atoms with E-state index in [1.807, 2.05) is 20.8 Å². The van der Waals surface area contributed by atoms with Gasteiger partial charge in [-0.05, 0) is 39.4 Å². The predicted molar refractivity (Wildman–Crippen MR) is 68.5 cm³/mol. The fraction of sp³-hybridized carbons (Fsp3) is 1.00. The lowest BCUT2D eigenvalue weighted by atomic mass is 10.4. The first-order valence-electron chi connectivity index (χ1n) is 5.77. The molecule has 0 fully saturated rings. The molecule has 0 rings (SSSR count). The first kappa shape index (κ1) is 15.4. The van der Waals surface area contributed by atoms with Crippen LogP contribution in [0.15, 0.2) is 0 Å². The molecule has 0 amide bonds. The summed E-state index contributed by atoms with van der Waals surface area (Å²) in [6.45, 7) is 7.93. The molecule has 0 radical (unpaired) electrons. The third-order valence-corrected chi connectivity index (χ3v) is 5.45. The SMILES string of the molecule is CCO[Si](CCCCS)(OCC)OCC. The average molecular weight is 252 g/mol. The summed E-state index contributed by atoms with van der Waals surface area (Å²) in [6.07, 6.45) is 2.15. The van der Waals surface area contributed by atoms with Crippen LogP contribution in [0, 0.1) is 0 Å². The van der Waals surface area contributed by atoms with E-state index in [9.17, 15) is 0 Å². The second-order valence-corrected chi connectivity index (χ2v) is 6.34. The van der Waals surface area contributed by atoms with E-state index in [1.165, 1.54) is 0 Å². The molecule has 0 aliphatic heterocycles. The van der Waals surface area contributed by atoms with Crippen LogP contribution in [-0.4, -0.2) is 34.4 Å². The Hall–Kier alpha value is 0.447. The number of rotatable bonds is 10. The Balaban J connectivity index is 4.18. The van der Waals surface area contributed by atoms with Crippen LogP contribution in [-0.2, 0) is 13.3 Å². The van der Waals surface area contributed by atoms with Crippen molar-refractivity contribution in [3.63, 3.8) is 0 Å². The van der Waals surface area contributed by atoms with E-state index >= 15 is 0 Å². The van der Waals surface area contributed by atoms with E-state index in [1.54, 1.807) is 0 Å². The molecule has 3 nitrogen and oxygen atoms in total. The van der Waals surface area contributed by atoms with E-state index in [0.717, 1.165) is 24.6 Å². The van der Waals surface area contributed by atoms with Gasteiger partial charge in [0, 0.05) is 25.9 Å². The molecule has 0 bridgehead atoms. The molecule has 0 saturated carbocycles. The normalized spacial score (nSPS) is 12.0. The Kier molecular flexibility index (Phi) is 9.94. The summed E-state index contributed by atoms with van der Waals surface area (Å²) < 4.78 is 17.2. The minimum Gasteiger partial charge on any atom is -0.374 e. The first-order valence-corrected chi connectivity index (χ1v) is 8.33. The third kappa shape index (κ3) is 6.58. The van der Waals surface area contributed by atoms with Crippen LogP contribution in [0.1, 0.15) is 33.6 Å². The number of hydrogen-bond acceptors (Lipinski definition) is 4. The van der Waals surface area contributed by atoms with Crippen molar-refractivity contribution >= 4 is 21.4 Å². The maximum Gasteiger partial charge on any atom is 0.500 e. The lowest BCUT2D eigenvalue weighted by Gasteiger charge is -2.28. The molecule has 0 aliphatic rings. The fourth-order valence-corrected chi connectivity index (χ4v) is 4.36. The highest BCUT2D eigenvalue weighted by Gasteiger charge is 2.39. The second-order valence-electron chi connectivity index (χ2n) is 3.16. The highest BCUT2D eigenvalue weighted by Crippen LogP contribution is 2.19. The number of unbranched alkanes of at least 4 members (excludes halogenated alkanes) is 1. The topological polar surface area (TPSA) is 27.7 Å². The van der Waals surface area contributed by atoms with Crippen molar-refractivity contribution in [2.45, 2.75) is 39.7 Å². The molecular weight excluding hydrogens is 228 g/mol. The van der Waals surface area contributed by atoms with Gasteiger partial charge in [-0.1, -0.05) is 0 Å². The van der Waals surface area contributed by atoms with Gasteiger partial charge in [0.2, 0.25) is 0 Å². The molecule has 0 spiro atoms. The summed E-state index contributed by atoms with van der Waals surface area (Å²) in [5.74, 6) is 0.912. The quantitative estimate of drug-likeness (QED) is 0.368. The number of hydrogen-bond donors (Lipinski definition) is 1. The zero-order chi connectivity index (χ0) is 11.6. The molecule has 0 saturated heterocycles. The molecule has 0 aliphatic carbocycles. The summed E-state index contributed by atoms with van der Waals surface area (Å²) in [5, 5.41) is 0. The standard InChI is InChI=1S/C10H24O3SSi/c1-4-11-15(12-5-2,13-6-3)10-8-7-9-14/h14H,4-10H2,1-3H3. The van der Waals surface area contributed by atoms with E-state index in [2.05, 4.69) is 12.6 Å². The molecule has 0 heterocycles. The van der Waals surface area contributed by atoms with E-state index in [4.69, 9.17) is 13.3 Å². The molecule has 0 atom stereocenters. The van der Waals surface area contributed by atoms with Gasteiger partial charge in [0.15, 0.2) is 0 Å². The Labute approximate surface area is 100 Å². The Morgan fingerprint density at radius 2 is 1.33 bits per heavy atom. The molecule has 5 heteroatoms. The minimum absolute atomic E-state index is 0.660. The van der Waals surface area contributed by atoms with Crippen LogP contribution in [0.4, 0.5) is 0 Å². The zero-order valence-electron chi connectivity index (χ0n) is 10.1. The van der Waals surface area contributed by atoms with Crippen LogP contribution in [0.2, 0.25) is 6.04 Å². The zero-order valence-corrected chi connectivity index (χ0v) is 12.0. The number of thiol groups is 1. The van der Waals surface area contributed by atoms with Gasteiger partial charge in [0.1, 0.15) is 0 Å². The Bertz CT molecular complexity index is 130. The van der Waals surface area contributed by atoms with Gasteiger partial charge in [-0.25, -0.2) is 0 Å². The fourth-order valence-electron chi connectivity index (χ4n) is 1.45. The molecule has 0 N–H and O–H groups in total. The lowest BCUT2D eigenvalue weighted by Crippen LogP contribution is -2.45. The van der Waals surface area contributed by atoms with Crippen molar-refractivity contribution < 1.29 is 13.3 Å². The van der Waals surface area contributed by atoms with Crippen molar-refractivity contribution in [2.75, 3.05) is 25.6 Å². The molecule has 0 aromatic heterocycles. The summed E-state index contributed by atoms with van der Waals surface area (Å²) in [4.78, 5) is 0. The van der Waals surface area contributed by atoms with Crippen LogP contribution in [0.3, 0.4) is 0 Å². The van der Waals surface area contributed by atoms with Crippen molar-refractivity contribution in [1.29, 1.82) is 0 Å². The van der Waals surface area contributed by atoms with Gasteiger partial charge in [-0.15, -0.1) is 0 Å². The van der Waals surface area contributed by atoms with Crippen LogP contribution >= 0.6 is 12.6 Å². The molecule has 92 valence electrons. The summed E-state index contributed by atoms with van der Waals surface area (Å²) >= 11 is 4.20. The van der Waals surface area contributed by atoms with Crippen LogP contribution in [0.5, 0.6) is 0 Å². The van der Waals surface area contributed by atoms with Crippen LogP contribution in [0.25, 0.3) is 0 Å². The summed E-state index contributed by atoms with van der Waals surface area (Å²) in [7, 11) is -2.37. The van der Waals surface area contributed by atoms with Crippen molar-refractivity contribution in [3.8, 4) is 0 Å². The van der Waals surface area contributed by atoms with Crippen LogP contribution < -0.4 is 0 Å². The average Bonchev–Trinajstić information content (AvgIpc) is 2.19. The van der Waals surface area contributed by atoms with Gasteiger partial charge < -0.3 is 13.3 Å². The molecule has 0 aromatic carbocycles. The molecule has 15 heavy (non-hydrogen) atoms. The Morgan fingerprint density at radius 1 is 0.867 bits per heavy atom.